The van der Waals surface area contributed by atoms with Crippen molar-refractivity contribution >= 4 is 5.97 Å². The van der Waals surface area contributed by atoms with Gasteiger partial charge < -0.3 is 9.47 Å². The van der Waals surface area contributed by atoms with Crippen LogP contribution < -0.4 is 0 Å². The van der Waals surface area contributed by atoms with E-state index in [-0.39, 0.29) is 5.97 Å². The number of rotatable bonds is 7. The van der Waals surface area contributed by atoms with Gasteiger partial charge in [0.1, 0.15) is 0 Å². The average molecular weight is 200 g/mol. The van der Waals surface area contributed by atoms with Crippen LogP contribution in [0.15, 0.2) is 12.2 Å². The van der Waals surface area contributed by atoms with E-state index in [1.807, 2.05) is 13.8 Å². The molecule has 3 nitrogen and oxygen atoms in total. The van der Waals surface area contributed by atoms with Crippen molar-refractivity contribution in [3.05, 3.63) is 12.2 Å². The summed E-state index contributed by atoms with van der Waals surface area (Å²) in [6.45, 7) is 10.3. The van der Waals surface area contributed by atoms with E-state index >= 15 is 0 Å². The van der Waals surface area contributed by atoms with Gasteiger partial charge in [0.25, 0.3) is 0 Å². The first-order valence-electron chi connectivity index (χ1n) is 5.04. The van der Waals surface area contributed by atoms with Gasteiger partial charge in [-0.3, -0.25) is 0 Å². The molecule has 0 aliphatic rings. The smallest absolute Gasteiger partial charge is 0.335 e. The lowest BCUT2D eigenvalue weighted by molar-refractivity contribution is -0.156. The van der Waals surface area contributed by atoms with Crippen molar-refractivity contribution in [1.82, 2.24) is 0 Å². The molecule has 0 saturated heterocycles. The Morgan fingerprint density at radius 2 is 2.07 bits per heavy atom. The lowest BCUT2D eigenvalue weighted by atomic mass is 10.2. The van der Waals surface area contributed by atoms with E-state index in [0.717, 1.165) is 12.0 Å². The first kappa shape index (κ1) is 13.2. The van der Waals surface area contributed by atoms with Crippen molar-refractivity contribution in [3.8, 4) is 0 Å². The first-order chi connectivity index (χ1) is 6.61. The van der Waals surface area contributed by atoms with E-state index in [1.54, 1.807) is 6.92 Å². The standard InChI is InChI=1S/C11H20O3/c1-5-10(11(12)13-6-2)14-8-7-9(3)4/h10H,3,5-8H2,1-2,4H3. The Balaban J connectivity index is 3.78. The monoisotopic (exact) mass is 200 g/mol. The quantitative estimate of drug-likeness (QED) is 0.467. The molecule has 82 valence electrons. The van der Waals surface area contributed by atoms with E-state index in [1.165, 1.54) is 0 Å². The minimum Gasteiger partial charge on any atom is -0.464 e. The molecule has 0 aromatic carbocycles. The second-order valence-electron chi connectivity index (χ2n) is 3.23. The van der Waals surface area contributed by atoms with Crippen LogP contribution in [0.5, 0.6) is 0 Å². The average Bonchev–Trinajstić information content (AvgIpc) is 2.12. The number of hydrogen-bond acceptors (Lipinski definition) is 3. The Kier molecular flexibility index (Phi) is 7.11. The van der Waals surface area contributed by atoms with Crippen LogP contribution in [0.25, 0.3) is 0 Å². The van der Waals surface area contributed by atoms with Crippen LogP contribution in [0.1, 0.15) is 33.6 Å². The fraction of sp³-hybridized carbons (Fsp3) is 0.727. The van der Waals surface area contributed by atoms with Gasteiger partial charge >= 0.3 is 5.97 Å². The molecule has 0 amide bonds. The van der Waals surface area contributed by atoms with Crippen molar-refractivity contribution in [2.45, 2.75) is 39.7 Å². The van der Waals surface area contributed by atoms with Gasteiger partial charge in [-0.05, 0) is 26.7 Å². The first-order valence-corrected chi connectivity index (χ1v) is 5.04. The van der Waals surface area contributed by atoms with E-state index < -0.39 is 6.10 Å². The second kappa shape index (κ2) is 7.56. The summed E-state index contributed by atoms with van der Waals surface area (Å²) in [5.74, 6) is -0.267. The van der Waals surface area contributed by atoms with E-state index in [4.69, 9.17) is 9.47 Å². The number of hydrogen-bond donors (Lipinski definition) is 0. The maximum absolute atomic E-state index is 11.3. The molecular weight excluding hydrogens is 180 g/mol. The molecule has 0 bridgehead atoms. The molecule has 1 atom stereocenters. The van der Waals surface area contributed by atoms with Crippen LogP contribution in [-0.4, -0.2) is 25.3 Å². The van der Waals surface area contributed by atoms with Crippen molar-refractivity contribution < 1.29 is 14.3 Å². The number of esters is 1. The van der Waals surface area contributed by atoms with Gasteiger partial charge in [-0.25, -0.2) is 4.79 Å². The van der Waals surface area contributed by atoms with Gasteiger partial charge in [0.05, 0.1) is 13.2 Å². The minimum absolute atomic E-state index is 0.267. The fourth-order valence-electron chi connectivity index (χ4n) is 0.963. The second-order valence-corrected chi connectivity index (χ2v) is 3.23. The highest BCUT2D eigenvalue weighted by Crippen LogP contribution is 2.04. The van der Waals surface area contributed by atoms with Gasteiger partial charge in [0.2, 0.25) is 0 Å². The Morgan fingerprint density at radius 3 is 2.50 bits per heavy atom. The normalized spacial score (nSPS) is 12.2. The molecule has 0 aliphatic carbocycles. The van der Waals surface area contributed by atoms with E-state index in [0.29, 0.717) is 19.6 Å². The van der Waals surface area contributed by atoms with Crippen molar-refractivity contribution in [2.24, 2.45) is 0 Å². The van der Waals surface area contributed by atoms with Gasteiger partial charge in [-0.15, -0.1) is 6.58 Å². The zero-order valence-electron chi connectivity index (χ0n) is 9.34. The van der Waals surface area contributed by atoms with Crippen LogP contribution in [0.4, 0.5) is 0 Å². The maximum Gasteiger partial charge on any atom is 0.335 e. The van der Waals surface area contributed by atoms with Gasteiger partial charge in [-0.2, -0.15) is 0 Å². The fourth-order valence-corrected chi connectivity index (χ4v) is 0.963. The molecule has 0 fully saturated rings. The molecular formula is C11H20O3. The summed E-state index contributed by atoms with van der Waals surface area (Å²) < 4.78 is 10.2. The molecule has 0 heterocycles. The molecule has 0 aromatic rings. The van der Waals surface area contributed by atoms with E-state index in [2.05, 4.69) is 6.58 Å². The summed E-state index contributed by atoms with van der Waals surface area (Å²) in [4.78, 5) is 11.3. The topological polar surface area (TPSA) is 35.5 Å². The molecule has 0 N–H and O–H groups in total. The third kappa shape index (κ3) is 5.75. The Morgan fingerprint density at radius 1 is 1.43 bits per heavy atom. The molecule has 14 heavy (non-hydrogen) atoms. The molecule has 0 spiro atoms. The van der Waals surface area contributed by atoms with Crippen LogP contribution in [0.2, 0.25) is 0 Å². The van der Waals surface area contributed by atoms with Crippen LogP contribution in [0, 0.1) is 0 Å². The Labute approximate surface area is 86.1 Å². The van der Waals surface area contributed by atoms with Gasteiger partial charge in [0, 0.05) is 0 Å². The Bertz CT molecular complexity index is 187. The third-order valence-electron chi connectivity index (χ3n) is 1.77. The molecule has 3 heteroatoms. The summed E-state index contributed by atoms with van der Waals surface area (Å²) in [5.41, 5.74) is 1.06. The number of carbonyl (C=O) groups is 1. The van der Waals surface area contributed by atoms with Crippen molar-refractivity contribution in [3.63, 3.8) is 0 Å². The van der Waals surface area contributed by atoms with Crippen molar-refractivity contribution in [2.75, 3.05) is 13.2 Å². The molecule has 0 radical (unpaired) electrons. The van der Waals surface area contributed by atoms with Crippen LogP contribution in [0.3, 0.4) is 0 Å². The number of carbonyl (C=O) groups excluding carboxylic acids is 1. The molecule has 0 aliphatic heterocycles. The highest BCUT2D eigenvalue weighted by atomic mass is 16.6. The summed E-state index contributed by atoms with van der Waals surface area (Å²) in [6, 6.07) is 0. The molecule has 1 unspecified atom stereocenters. The zero-order chi connectivity index (χ0) is 11.0. The summed E-state index contributed by atoms with van der Waals surface area (Å²) in [5, 5.41) is 0. The molecule has 0 saturated carbocycles. The van der Waals surface area contributed by atoms with Gasteiger partial charge in [-0.1, -0.05) is 12.5 Å². The predicted molar refractivity (Wildman–Crippen MR) is 56.1 cm³/mol. The highest BCUT2D eigenvalue weighted by molar-refractivity contribution is 5.74. The summed E-state index contributed by atoms with van der Waals surface area (Å²) in [6.07, 6.45) is 1.01. The molecule has 0 rings (SSSR count). The summed E-state index contributed by atoms with van der Waals surface area (Å²) >= 11 is 0. The Hall–Kier alpha value is -0.830. The largest absolute Gasteiger partial charge is 0.464 e. The summed E-state index contributed by atoms with van der Waals surface area (Å²) in [7, 11) is 0. The maximum atomic E-state index is 11.3. The SMILES string of the molecule is C=C(C)CCOC(CC)C(=O)OCC. The molecule has 0 aromatic heterocycles. The number of ether oxygens (including phenoxy) is 2. The van der Waals surface area contributed by atoms with Crippen LogP contribution in [-0.2, 0) is 14.3 Å². The lowest BCUT2D eigenvalue weighted by Crippen LogP contribution is -2.26. The predicted octanol–water partition coefficient (Wildman–Crippen LogP) is 2.31. The van der Waals surface area contributed by atoms with Gasteiger partial charge in [0.15, 0.2) is 6.10 Å². The lowest BCUT2D eigenvalue weighted by Gasteiger charge is -2.14. The highest BCUT2D eigenvalue weighted by Gasteiger charge is 2.17. The van der Waals surface area contributed by atoms with Crippen molar-refractivity contribution in [1.29, 1.82) is 0 Å². The van der Waals surface area contributed by atoms with Crippen LogP contribution >= 0.6 is 0 Å². The third-order valence-corrected chi connectivity index (χ3v) is 1.77. The van der Waals surface area contributed by atoms with E-state index in [9.17, 15) is 4.79 Å². The zero-order valence-corrected chi connectivity index (χ0v) is 9.34. The minimum atomic E-state index is -0.422.